The van der Waals surface area contributed by atoms with Crippen molar-refractivity contribution in [3.05, 3.63) is 29.3 Å². The maximum absolute atomic E-state index is 12.0. The molecule has 1 aromatic carbocycles. The summed E-state index contributed by atoms with van der Waals surface area (Å²) in [5.74, 6) is 0.147. The third-order valence-corrected chi connectivity index (χ3v) is 4.49. The molecule has 20 heavy (non-hydrogen) atoms. The van der Waals surface area contributed by atoms with Crippen LogP contribution in [0.3, 0.4) is 0 Å². The number of aryl methyl sites for hydroxylation is 2. The van der Waals surface area contributed by atoms with Gasteiger partial charge in [-0.2, -0.15) is 0 Å². The van der Waals surface area contributed by atoms with Gasteiger partial charge in [-0.1, -0.05) is 12.5 Å². The fraction of sp³-hybridized carbons (Fsp3) is 0.588. The van der Waals surface area contributed by atoms with Crippen molar-refractivity contribution in [3.8, 4) is 0 Å². The van der Waals surface area contributed by atoms with Crippen molar-refractivity contribution in [3.63, 3.8) is 0 Å². The number of nitrogens with zero attached hydrogens (tertiary/aromatic N) is 1. The number of rotatable bonds is 4. The predicted molar refractivity (Wildman–Crippen MR) is 82.0 cm³/mol. The van der Waals surface area contributed by atoms with E-state index in [4.69, 9.17) is 0 Å². The van der Waals surface area contributed by atoms with Gasteiger partial charge >= 0.3 is 0 Å². The molecule has 1 saturated heterocycles. The number of amides is 1. The summed E-state index contributed by atoms with van der Waals surface area (Å²) < 4.78 is 0. The van der Waals surface area contributed by atoms with E-state index in [1.807, 2.05) is 6.07 Å². The van der Waals surface area contributed by atoms with Gasteiger partial charge in [0.2, 0.25) is 5.91 Å². The Balaban J connectivity index is 1.48. The van der Waals surface area contributed by atoms with Gasteiger partial charge < -0.3 is 10.2 Å². The highest BCUT2D eigenvalue weighted by Crippen LogP contribution is 2.24. The van der Waals surface area contributed by atoms with Gasteiger partial charge in [-0.05, 0) is 68.5 Å². The van der Waals surface area contributed by atoms with Crippen LogP contribution in [0.5, 0.6) is 0 Å². The summed E-state index contributed by atoms with van der Waals surface area (Å²) in [4.78, 5) is 14.4. The smallest absolute Gasteiger partial charge is 0.225 e. The summed E-state index contributed by atoms with van der Waals surface area (Å²) in [7, 11) is 0. The van der Waals surface area contributed by atoms with Gasteiger partial charge in [-0.3, -0.25) is 4.79 Å². The van der Waals surface area contributed by atoms with Crippen molar-refractivity contribution in [2.45, 2.75) is 44.9 Å². The first-order valence-electron chi connectivity index (χ1n) is 7.95. The summed E-state index contributed by atoms with van der Waals surface area (Å²) in [6.45, 7) is 3.22. The number of likely N-dealkylation sites (tertiary alicyclic amines) is 1. The maximum atomic E-state index is 12.0. The Labute approximate surface area is 121 Å². The van der Waals surface area contributed by atoms with Crippen molar-refractivity contribution in [2.24, 2.45) is 0 Å². The van der Waals surface area contributed by atoms with Crippen LogP contribution in [0.1, 0.15) is 43.2 Å². The summed E-state index contributed by atoms with van der Waals surface area (Å²) in [5, 5.41) is 3.05. The van der Waals surface area contributed by atoms with E-state index in [-0.39, 0.29) is 5.91 Å². The molecular weight excluding hydrogens is 248 g/mol. The lowest BCUT2D eigenvalue weighted by Crippen LogP contribution is -2.32. The summed E-state index contributed by atoms with van der Waals surface area (Å²) in [6, 6.07) is 6.37. The highest BCUT2D eigenvalue weighted by Gasteiger charge is 2.13. The Hall–Kier alpha value is -1.35. The molecule has 1 aliphatic carbocycles. The Bertz CT molecular complexity index is 478. The number of hydrogen-bond acceptors (Lipinski definition) is 2. The first-order valence-corrected chi connectivity index (χ1v) is 7.95. The third kappa shape index (κ3) is 3.40. The van der Waals surface area contributed by atoms with E-state index in [0.717, 1.165) is 31.7 Å². The average molecular weight is 272 g/mol. The number of carbonyl (C=O) groups is 1. The summed E-state index contributed by atoms with van der Waals surface area (Å²) >= 11 is 0. The van der Waals surface area contributed by atoms with Crippen LogP contribution in [0.4, 0.5) is 5.69 Å². The molecule has 0 aromatic heterocycles. The van der Waals surface area contributed by atoms with Crippen LogP contribution < -0.4 is 5.32 Å². The Kier molecular flexibility index (Phi) is 4.36. The predicted octanol–water partition coefficient (Wildman–Crippen LogP) is 2.99. The van der Waals surface area contributed by atoms with E-state index < -0.39 is 0 Å². The summed E-state index contributed by atoms with van der Waals surface area (Å²) in [6.07, 6.45) is 8.13. The second kappa shape index (κ2) is 6.40. The van der Waals surface area contributed by atoms with Gasteiger partial charge in [0.15, 0.2) is 0 Å². The molecule has 3 heteroatoms. The zero-order valence-electron chi connectivity index (χ0n) is 12.2. The molecule has 3 rings (SSSR count). The van der Waals surface area contributed by atoms with Crippen molar-refractivity contribution < 1.29 is 4.79 Å². The topological polar surface area (TPSA) is 32.3 Å². The second-order valence-corrected chi connectivity index (χ2v) is 6.04. The molecule has 1 aromatic rings. The van der Waals surface area contributed by atoms with Crippen molar-refractivity contribution in [2.75, 3.05) is 25.0 Å². The summed E-state index contributed by atoms with van der Waals surface area (Å²) in [5.41, 5.74) is 3.84. The van der Waals surface area contributed by atoms with Crippen molar-refractivity contribution in [1.82, 2.24) is 4.90 Å². The molecular formula is C17H24N2O. The number of benzene rings is 1. The van der Waals surface area contributed by atoms with Gasteiger partial charge in [0.05, 0.1) is 0 Å². The molecule has 0 saturated carbocycles. The fourth-order valence-corrected chi connectivity index (χ4v) is 3.32. The lowest BCUT2D eigenvalue weighted by molar-refractivity contribution is -0.116. The Morgan fingerprint density at radius 1 is 1.05 bits per heavy atom. The molecule has 108 valence electrons. The molecule has 1 heterocycles. The number of piperidine rings is 1. The molecule has 0 radical (unpaired) electrons. The lowest BCUT2D eigenvalue weighted by Gasteiger charge is -2.25. The molecule has 0 unspecified atom stereocenters. The standard InChI is InChI=1S/C17H24N2O/c20-17(9-12-19-10-2-1-3-11-19)18-16-8-7-14-5-4-6-15(14)13-16/h7-8,13H,1-6,9-12H2,(H,18,20). The molecule has 1 amide bonds. The van der Waals surface area contributed by atoms with Crippen LogP contribution in [-0.4, -0.2) is 30.4 Å². The van der Waals surface area contributed by atoms with Gasteiger partial charge in [-0.25, -0.2) is 0 Å². The van der Waals surface area contributed by atoms with Crippen LogP contribution in [0.15, 0.2) is 18.2 Å². The third-order valence-electron chi connectivity index (χ3n) is 4.49. The van der Waals surface area contributed by atoms with Crippen LogP contribution in [0.25, 0.3) is 0 Å². The second-order valence-electron chi connectivity index (χ2n) is 6.04. The van der Waals surface area contributed by atoms with Gasteiger partial charge in [0.25, 0.3) is 0 Å². The Morgan fingerprint density at radius 3 is 2.70 bits per heavy atom. The number of anilines is 1. The SMILES string of the molecule is O=C(CCN1CCCCC1)Nc1ccc2c(c1)CCC2. The number of fused-ring (bicyclic) bond motifs is 1. The zero-order valence-corrected chi connectivity index (χ0v) is 12.2. The highest BCUT2D eigenvalue weighted by molar-refractivity contribution is 5.91. The molecule has 1 fully saturated rings. The van der Waals surface area contributed by atoms with E-state index >= 15 is 0 Å². The fourth-order valence-electron chi connectivity index (χ4n) is 3.32. The minimum atomic E-state index is 0.147. The van der Waals surface area contributed by atoms with Gasteiger partial charge in [0.1, 0.15) is 0 Å². The van der Waals surface area contributed by atoms with E-state index in [1.54, 1.807) is 0 Å². The van der Waals surface area contributed by atoms with Gasteiger partial charge in [0, 0.05) is 18.7 Å². The first kappa shape index (κ1) is 13.6. The molecule has 0 spiro atoms. The molecule has 2 aliphatic rings. The molecule has 1 N–H and O–H groups in total. The van der Waals surface area contributed by atoms with E-state index in [9.17, 15) is 4.79 Å². The number of hydrogen-bond donors (Lipinski definition) is 1. The first-order chi connectivity index (χ1) is 9.81. The van der Waals surface area contributed by atoms with Crippen LogP contribution in [-0.2, 0) is 17.6 Å². The highest BCUT2D eigenvalue weighted by atomic mass is 16.1. The Morgan fingerprint density at radius 2 is 1.85 bits per heavy atom. The van der Waals surface area contributed by atoms with E-state index in [1.165, 1.54) is 43.2 Å². The molecule has 1 aliphatic heterocycles. The average Bonchev–Trinajstić information content (AvgIpc) is 2.94. The minimum Gasteiger partial charge on any atom is -0.326 e. The molecule has 0 bridgehead atoms. The zero-order chi connectivity index (χ0) is 13.8. The van der Waals surface area contributed by atoms with Gasteiger partial charge in [-0.15, -0.1) is 0 Å². The van der Waals surface area contributed by atoms with Crippen LogP contribution >= 0.6 is 0 Å². The van der Waals surface area contributed by atoms with Crippen molar-refractivity contribution >= 4 is 11.6 Å². The van der Waals surface area contributed by atoms with Crippen LogP contribution in [0.2, 0.25) is 0 Å². The monoisotopic (exact) mass is 272 g/mol. The molecule has 3 nitrogen and oxygen atoms in total. The van der Waals surface area contributed by atoms with E-state index in [0.29, 0.717) is 6.42 Å². The maximum Gasteiger partial charge on any atom is 0.225 e. The largest absolute Gasteiger partial charge is 0.326 e. The minimum absolute atomic E-state index is 0.147. The molecule has 0 atom stereocenters. The lowest BCUT2D eigenvalue weighted by atomic mass is 10.1. The van der Waals surface area contributed by atoms with E-state index in [2.05, 4.69) is 22.3 Å². The van der Waals surface area contributed by atoms with Crippen LogP contribution in [0, 0.1) is 0 Å². The quantitative estimate of drug-likeness (QED) is 0.914. The number of carbonyl (C=O) groups excluding carboxylic acids is 1. The van der Waals surface area contributed by atoms with Crippen molar-refractivity contribution in [1.29, 1.82) is 0 Å². The number of nitrogens with one attached hydrogen (secondary N) is 1. The normalized spacial score (nSPS) is 18.8.